The Morgan fingerprint density at radius 3 is 1.37 bits per heavy atom. The van der Waals surface area contributed by atoms with Crippen molar-refractivity contribution >= 4 is 111 Å². The van der Waals surface area contributed by atoms with E-state index in [1.807, 2.05) is 90.0 Å². The summed E-state index contributed by atoms with van der Waals surface area (Å²) < 4.78 is 33.4. The van der Waals surface area contributed by atoms with Gasteiger partial charge in [-0.1, -0.05) is 179 Å². The van der Waals surface area contributed by atoms with Crippen LogP contribution in [-0.4, -0.2) is 206 Å². The lowest BCUT2D eigenvalue weighted by Gasteiger charge is -2.38. The highest BCUT2D eigenvalue weighted by atomic mass is 35.5. The van der Waals surface area contributed by atoms with Crippen LogP contribution in [0.2, 0.25) is 5.02 Å². The van der Waals surface area contributed by atoms with E-state index in [0.29, 0.717) is 31.0 Å². The minimum Gasteiger partial charge on any atom is -0.472 e. The number of amides is 7. The van der Waals surface area contributed by atoms with Gasteiger partial charge in [0, 0.05) is 148 Å². The van der Waals surface area contributed by atoms with Crippen LogP contribution in [-0.2, 0) is 67.1 Å². The molecule has 10 aliphatic rings. The van der Waals surface area contributed by atoms with Gasteiger partial charge in [-0.2, -0.15) is 0 Å². The van der Waals surface area contributed by atoms with Gasteiger partial charge < -0.3 is 40.7 Å². The van der Waals surface area contributed by atoms with E-state index in [2.05, 4.69) is 60.0 Å². The topological polar surface area (TPSA) is 422 Å². The number of halogens is 1. The lowest BCUT2D eigenvalue weighted by atomic mass is 9.75. The summed E-state index contributed by atoms with van der Waals surface area (Å²) >= 11 is 6.03. The fourth-order valence-electron chi connectivity index (χ4n) is 22.2. The molecule has 4 N–H and O–H groups in total. The first kappa shape index (κ1) is 106. The van der Waals surface area contributed by atoms with Crippen LogP contribution in [0, 0.1) is 104 Å². The second-order valence-electron chi connectivity index (χ2n) is 46.6. The van der Waals surface area contributed by atoms with E-state index in [4.69, 9.17) is 20.5 Å². The molecule has 3 aromatic heterocycles. The van der Waals surface area contributed by atoms with Gasteiger partial charge in [0.05, 0.1) is 42.1 Å². The lowest BCUT2D eigenvalue weighted by molar-refractivity contribution is -0.146. The predicted octanol–water partition coefficient (Wildman–Crippen LogP) is 15.8. The van der Waals surface area contributed by atoms with Gasteiger partial charge >= 0.3 is 6.03 Å². The number of nitrogens with one attached hydrogen (secondary N) is 4. The van der Waals surface area contributed by atoms with Crippen molar-refractivity contribution in [1.82, 2.24) is 60.9 Å². The van der Waals surface area contributed by atoms with Crippen LogP contribution in [0.4, 0.5) is 4.79 Å². The zero-order chi connectivity index (χ0) is 105. The highest BCUT2D eigenvalue weighted by Gasteiger charge is 2.70. The zero-order valence-electron chi connectivity index (χ0n) is 88.8. The molecule has 0 aromatic carbocycles. The minimum atomic E-state index is -1.97. The van der Waals surface area contributed by atoms with Gasteiger partial charge in [-0.05, 0) is 185 Å². The number of urea groups is 1. The molecule has 3 saturated heterocycles. The molecule has 31 heteroatoms. The summed E-state index contributed by atoms with van der Waals surface area (Å²) in [5, 5.41) is 12.2. The second-order valence-corrected chi connectivity index (χ2v) is 47.0. The molecular weight excluding hydrogens is 1800 g/mol. The first-order chi connectivity index (χ1) is 67.0. The van der Waals surface area contributed by atoms with Gasteiger partial charge in [-0.3, -0.25) is 86.7 Å². The van der Waals surface area contributed by atoms with Crippen molar-refractivity contribution < 1.29 is 90.4 Å². The number of hydrogen-bond donors (Lipinski definition) is 4. The predicted molar refractivity (Wildman–Crippen MR) is 527 cm³/mol. The Balaban J connectivity index is 0.000000208. The van der Waals surface area contributed by atoms with Gasteiger partial charge in [-0.15, -0.1) is 0 Å². The zero-order valence-corrected chi connectivity index (χ0v) is 86.6. The maximum absolute atomic E-state index is 14.8. The standard InChI is InChI=1S/C41H54ClN5O7.C39H56N4O6.C29H47N3O5/c1-5-9-27(37(51)35(50)18-25-12-13-25)19-34(49)32-20-29(54-36-15-14-28(42)22-45-36)24-47(32)40(53)38(41(2,3)4)46-39(52)30(26-10-7-6-8-11-26)21-33(48)31-23-43-16-17-44-31;1-5-10-26(35(47)33(46)19-24-15-16-24)20-32(45)34-28-14-9-13-27(28)23-43(34)38(49)36(39(2,3)4)42-37(48)29(25-11-7-6-8-12-25)21-31(44)30-22-40-17-18-41-30;1-16(33)23(35)18(13-17-11-10-12-17)14-20(34)22-21-19(29(21,8)9)15-32(22)25(36)24(27(2,3)4)30-26(37)31-28(5,6)7/h14-17,22-23,25-27,29-30,32,38H,5-13,18-21,24H2,1-4H3,(H,46,52);17-18,22,24-29,34,36H,5-16,19-21,23H2,1-4H3,(H,42,48);17-19,21-22,24H,10-15H2,1-9H3,(H2,30,31,37)/t27-,29-,30+,32+,38-;26-,27+,28+,29+,34+,36-;18-,19+,21+,22-,24-/m111/s1/i27D;26D;18D. The molecule has 140 heavy (non-hydrogen) atoms. The maximum atomic E-state index is 14.8. The fourth-order valence-corrected chi connectivity index (χ4v) is 22.4. The number of pyridine rings is 1. The van der Waals surface area contributed by atoms with Crippen LogP contribution < -0.4 is 26.0 Å². The van der Waals surface area contributed by atoms with E-state index in [9.17, 15) is 81.5 Å². The minimum absolute atomic E-state index is 0.00975. The largest absolute Gasteiger partial charge is 0.472 e. The van der Waals surface area contributed by atoms with Crippen molar-refractivity contribution in [3.63, 3.8) is 0 Å². The average molecular weight is 1960 g/mol. The Kier molecular flexibility index (Phi) is 36.5. The van der Waals surface area contributed by atoms with Crippen molar-refractivity contribution in [2.45, 2.75) is 377 Å². The third-order valence-corrected chi connectivity index (χ3v) is 30.9. The number of nitrogens with zero attached hydrogens (tertiary/aromatic N) is 8. The van der Waals surface area contributed by atoms with Crippen molar-refractivity contribution in [1.29, 1.82) is 0 Å². The Labute approximate surface area is 836 Å². The molecule has 768 valence electrons. The van der Waals surface area contributed by atoms with Crippen LogP contribution in [0.15, 0.2) is 55.5 Å². The molecule has 0 radical (unpaired) electrons. The SMILES string of the molecule is [2H][C@@](CCC)(CC(=O)[C@@H]1C[C@@H](Oc2ccc(Cl)cn2)CN1C(=O)[C@@H](NC(=O)[C@@H](CC(=O)c1cnccn1)C1CCCCC1)C(C)(C)C)C(=O)C(=O)CC1CC1.[2H][C@@](CCC)(CC(=O)[C@@H]1[C@H]2CCC[C@H]2CN1C(=O)[C@@H](NC(=O)[C@@H](CC(=O)c1cnccn1)C1CCCCC1)C(C)(C)C)C(=O)C(=O)CC1CC1.[2H][C@](CC(=O)[C@@H]1[C@@H]2[C@H](CN1C(=O)[C@@H](NC(=O)NC(C)(C)C)C(C)(C)C)C2(C)C)(CC1CCC1)C(=O)C(C)=O. The number of ketones is 11. The summed E-state index contributed by atoms with van der Waals surface area (Å²) in [5.74, 6) is -14.5. The molecule has 7 amide bonds. The van der Waals surface area contributed by atoms with E-state index < -0.39 is 165 Å². The van der Waals surface area contributed by atoms with E-state index in [-0.39, 0.29) is 181 Å². The molecule has 30 nitrogen and oxygen atoms in total. The summed E-state index contributed by atoms with van der Waals surface area (Å²) in [6.45, 7) is 31.9. The van der Waals surface area contributed by atoms with E-state index >= 15 is 0 Å². The Hall–Kier alpha value is -9.61. The van der Waals surface area contributed by atoms with Crippen molar-refractivity contribution in [3.05, 3.63) is 71.9 Å². The van der Waals surface area contributed by atoms with Gasteiger partial charge in [-0.25, -0.2) is 19.7 Å². The van der Waals surface area contributed by atoms with Gasteiger partial charge in [0.25, 0.3) is 0 Å². The Morgan fingerprint density at radius 1 is 0.486 bits per heavy atom. The normalized spacial score (nSPS) is 24.6. The molecule has 6 heterocycles. The molecule has 0 unspecified atom stereocenters. The molecule has 10 fully saturated rings. The monoisotopic (exact) mass is 1960 g/mol. The second kappa shape index (κ2) is 48.2. The van der Waals surface area contributed by atoms with E-state index in [1.165, 1.54) is 48.3 Å². The first-order valence-corrected chi connectivity index (χ1v) is 52.2. The van der Waals surface area contributed by atoms with Gasteiger partial charge in [0.2, 0.25) is 52.8 Å². The molecule has 3 aliphatic heterocycles. The van der Waals surface area contributed by atoms with Crippen LogP contribution in [0.3, 0.4) is 0 Å². The molecule has 3 aromatic rings. The summed E-state index contributed by atoms with van der Waals surface area (Å²) in [6, 6.07) is -2.95. The van der Waals surface area contributed by atoms with Crippen LogP contribution >= 0.6 is 11.6 Å². The number of Topliss-reactive ketones (excluding diaryl/α,β-unsaturated/α-hetero) is 11. The maximum Gasteiger partial charge on any atom is 0.315 e. The van der Waals surface area contributed by atoms with Crippen molar-refractivity contribution in [3.8, 4) is 5.88 Å². The van der Waals surface area contributed by atoms with E-state index in [0.717, 1.165) is 135 Å². The number of piperidine rings is 1. The molecule has 13 rings (SSSR count). The van der Waals surface area contributed by atoms with Crippen LogP contribution in [0.25, 0.3) is 0 Å². The molecular formula is C109H157ClN12O18. The molecule has 0 bridgehead atoms. The van der Waals surface area contributed by atoms with Crippen molar-refractivity contribution in [2.75, 3.05) is 19.6 Å². The Morgan fingerprint density at radius 2 is 0.943 bits per heavy atom. The number of aromatic nitrogens is 5. The number of rotatable bonds is 43. The number of carbonyl (C=O) groups excluding carboxylic acids is 17. The summed E-state index contributed by atoms with van der Waals surface area (Å²) in [7, 11) is 0. The molecule has 7 aliphatic carbocycles. The third kappa shape index (κ3) is 29.6. The Bertz CT molecular complexity index is 5130. The number of carbonyl (C=O) groups is 17. The average Bonchev–Trinajstić information content (AvgIpc) is 1.52. The highest BCUT2D eigenvalue weighted by Crippen LogP contribution is 2.65. The number of fused-ring (bicyclic) bond motifs is 2. The number of ether oxygens (including phenoxy) is 1. The highest BCUT2D eigenvalue weighted by molar-refractivity contribution is 6.39. The number of likely N-dealkylation sites (tertiary alicyclic amines) is 3. The summed E-state index contributed by atoms with van der Waals surface area (Å²) in [5.41, 5.74) is -2.46. The molecule has 7 saturated carbocycles. The molecule has 16 atom stereocenters. The third-order valence-electron chi connectivity index (χ3n) is 30.7. The molecule has 0 spiro atoms. The van der Waals surface area contributed by atoms with Crippen molar-refractivity contribution in [2.24, 2.45) is 104 Å². The van der Waals surface area contributed by atoms with Crippen LogP contribution in [0.1, 0.15) is 355 Å². The first-order valence-electron chi connectivity index (χ1n) is 53.3. The summed E-state index contributed by atoms with van der Waals surface area (Å²) in [4.78, 5) is 257. The van der Waals surface area contributed by atoms with Gasteiger partial charge in [0.15, 0.2) is 46.3 Å². The van der Waals surface area contributed by atoms with Crippen LogP contribution in [0.5, 0.6) is 5.88 Å². The quantitative estimate of drug-likeness (QED) is 0.0302. The number of hydrogen-bond acceptors (Lipinski definition) is 23. The van der Waals surface area contributed by atoms with Gasteiger partial charge in [0.1, 0.15) is 35.6 Å². The lowest BCUT2D eigenvalue weighted by Crippen LogP contribution is -2.60. The smallest absolute Gasteiger partial charge is 0.315 e. The van der Waals surface area contributed by atoms with E-state index in [1.54, 1.807) is 28.9 Å². The summed E-state index contributed by atoms with van der Waals surface area (Å²) in [6.07, 6.45) is 27.4. The fraction of sp³-hybridized carbons (Fsp3) is 0.725.